The van der Waals surface area contributed by atoms with E-state index in [9.17, 15) is 4.79 Å². The Morgan fingerprint density at radius 3 is 2.86 bits per heavy atom. The fourth-order valence-electron chi connectivity index (χ4n) is 2.82. The molecule has 1 aliphatic rings. The summed E-state index contributed by atoms with van der Waals surface area (Å²) in [5, 5.41) is 3.37. The predicted octanol–water partition coefficient (Wildman–Crippen LogP) is 3.11. The van der Waals surface area contributed by atoms with Gasteiger partial charge in [-0.15, -0.1) is 0 Å². The zero-order valence-electron chi connectivity index (χ0n) is 12.2. The Kier molecular flexibility index (Phi) is 3.86. The summed E-state index contributed by atoms with van der Waals surface area (Å²) in [5.74, 6) is 0.0595. The largest absolute Gasteiger partial charge is 0.385 e. The average molecular weight is 281 g/mol. The van der Waals surface area contributed by atoms with Crippen LogP contribution in [-0.4, -0.2) is 24.0 Å². The second-order valence-corrected chi connectivity index (χ2v) is 5.12. The number of nitrogens with zero attached hydrogens (tertiary/aromatic N) is 2. The van der Waals surface area contributed by atoms with Crippen molar-refractivity contribution < 1.29 is 4.79 Å². The van der Waals surface area contributed by atoms with Gasteiger partial charge in [0.05, 0.1) is 0 Å². The summed E-state index contributed by atoms with van der Waals surface area (Å²) in [6.07, 6.45) is 5.46. The van der Waals surface area contributed by atoms with Gasteiger partial charge in [-0.25, -0.2) is 0 Å². The van der Waals surface area contributed by atoms with E-state index in [0.717, 1.165) is 41.9 Å². The number of hydrogen-bond donors (Lipinski definition) is 1. The number of anilines is 2. The van der Waals surface area contributed by atoms with Crippen LogP contribution < -0.4 is 10.2 Å². The number of pyridine rings is 1. The van der Waals surface area contributed by atoms with Gasteiger partial charge < -0.3 is 10.2 Å². The Bertz CT molecular complexity index is 640. The molecule has 108 valence electrons. The third kappa shape index (κ3) is 2.61. The summed E-state index contributed by atoms with van der Waals surface area (Å²) in [6.45, 7) is 3.61. The van der Waals surface area contributed by atoms with Crippen LogP contribution in [0.3, 0.4) is 0 Å². The van der Waals surface area contributed by atoms with Gasteiger partial charge in [-0.2, -0.15) is 0 Å². The molecule has 1 amide bonds. The Balaban J connectivity index is 1.98. The van der Waals surface area contributed by atoms with Crippen LogP contribution >= 0.6 is 0 Å². The van der Waals surface area contributed by atoms with Crippen LogP contribution in [0.15, 0.2) is 42.7 Å². The molecule has 0 fully saturated rings. The van der Waals surface area contributed by atoms with Crippen molar-refractivity contribution in [3.63, 3.8) is 0 Å². The van der Waals surface area contributed by atoms with Crippen LogP contribution in [0.4, 0.5) is 11.4 Å². The molecule has 0 atom stereocenters. The maximum absolute atomic E-state index is 12.9. The molecule has 1 aromatic carbocycles. The lowest BCUT2D eigenvalue weighted by Crippen LogP contribution is -2.32. The van der Waals surface area contributed by atoms with E-state index in [1.807, 2.05) is 37.3 Å². The summed E-state index contributed by atoms with van der Waals surface area (Å²) in [5.41, 5.74) is 3.93. The minimum Gasteiger partial charge on any atom is -0.385 e. The molecule has 0 saturated heterocycles. The fraction of sp³-hybridized carbons (Fsp3) is 0.294. The third-order valence-electron chi connectivity index (χ3n) is 3.86. The highest BCUT2D eigenvalue weighted by Crippen LogP contribution is 2.27. The molecular formula is C17H19N3O. The average Bonchev–Trinajstić information content (AvgIpc) is 2.56. The van der Waals surface area contributed by atoms with Crippen LogP contribution in [0.25, 0.3) is 0 Å². The van der Waals surface area contributed by atoms with Crippen molar-refractivity contribution in [1.82, 2.24) is 4.98 Å². The molecule has 21 heavy (non-hydrogen) atoms. The number of amides is 1. The normalized spacial score (nSPS) is 13.2. The van der Waals surface area contributed by atoms with Gasteiger partial charge in [-0.3, -0.25) is 9.78 Å². The van der Waals surface area contributed by atoms with Gasteiger partial charge in [-0.1, -0.05) is 6.07 Å². The lowest BCUT2D eigenvalue weighted by atomic mass is 9.96. The molecule has 0 spiro atoms. The molecule has 1 aliphatic heterocycles. The maximum atomic E-state index is 12.9. The maximum Gasteiger partial charge on any atom is 0.258 e. The van der Waals surface area contributed by atoms with Crippen LogP contribution in [-0.2, 0) is 6.42 Å². The second-order valence-electron chi connectivity index (χ2n) is 5.12. The molecule has 4 heteroatoms. The first-order valence-corrected chi connectivity index (χ1v) is 7.39. The van der Waals surface area contributed by atoms with E-state index in [2.05, 4.69) is 10.3 Å². The number of nitrogens with one attached hydrogen (secondary N) is 1. The highest BCUT2D eigenvalue weighted by atomic mass is 16.2. The van der Waals surface area contributed by atoms with E-state index < -0.39 is 0 Å². The Hall–Kier alpha value is -2.36. The van der Waals surface area contributed by atoms with E-state index in [4.69, 9.17) is 0 Å². The number of benzene rings is 1. The number of carbonyl (C=O) groups excluding carboxylic acids is 1. The Labute approximate surface area is 124 Å². The minimum absolute atomic E-state index is 0.0595. The second kappa shape index (κ2) is 5.95. The number of rotatable bonds is 3. The standard InChI is InChI=1S/C17H19N3O/c1-2-20(13-8-11-18-12-9-13)17(21)15-5-3-7-16-14(15)6-4-10-19-16/h3,5,7-9,11-12,19H,2,4,6,10H2,1H3. The van der Waals surface area contributed by atoms with Crippen molar-refractivity contribution >= 4 is 17.3 Å². The number of hydrogen-bond acceptors (Lipinski definition) is 3. The lowest BCUT2D eigenvalue weighted by molar-refractivity contribution is 0.0987. The summed E-state index contributed by atoms with van der Waals surface area (Å²) in [7, 11) is 0. The van der Waals surface area contributed by atoms with Crippen LogP contribution in [0.2, 0.25) is 0 Å². The number of aromatic nitrogens is 1. The molecule has 0 aliphatic carbocycles. The molecule has 0 saturated carbocycles. The van der Waals surface area contributed by atoms with E-state index in [0.29, 0.717) is 6.54 Å². The Morgan fingerprint density at radius 1 is 1.29 bits per heavy atom. The van der Waals surface area contributed by atoms with E-state index >= 15 is 0 Å². The zero-order valence-corrected chi connectivity index (χ0v) is 12.2. The molecule has 0 unspecified atom stereocenters. The van der Waals surface area contributed by atoms with Gasteiger partial charge in [0, 0.05) is 42.4 Å². The van der Waals surface area contributed by atoms with Gasteiger partial charge in [0.25, 0.3) is 5.91 Å². The van der Waals surface area contributed by atoms with Crippen molar-refractivity contribution in [2.45, 2.75) is 19.8 Å². The van der Waals surface area contributed by atoms with Crippen LogP contribution in [0.5, 0.6) is 0 Å². The molecular weight excluding hydrogens is 262 g/mol. The van der Waals surface area contributed by atoms with E-state index in [1.165, 1.54) is 0 Å². The van der Waals surface area contributed by atoms with Gasteiger partial charge >= 0.3 is 0 Å². The summed E-state index contributed by atoms with van der Waals surface area (Å²) >= 11 is 0. The molecule has 1 aromatic heterocycles. The summed E-state index contributed by atoms with van der Waals surface area (Å²) in [6, 6.07) is 9.67. The summed E-state index contributed by atoms with van der Waals surface area (Å²) in [4.78, 5) is 18.7. The third-order valence-corrected chi connectivity index (χ3v) is 3.86. The van der Waals surface area contributed by atoms with Gasteiger partial charge in [0.1, 0.15) is 0 Å². The lowest BCUT2D eigenvalue weighted by Gasteiger charge is -2.25. The van der Waals surface area contributed by atoms with Gasteiger partial charge in [0.15, 0.2) is 0 Å². The number of fused-ring (bicyclic) bond motifs is 1. The van der Waals surface area contributed by atoms with Crippen molar-refractivity contribution in [3.8, 4) is 0 Å². The van der Waals surface area contributed by atoms with Gasteiger partial charge in [-0.05, 0) is 49.6 Å². The van der Waals surface area contributed by atoms with Gasteiger partial charge in [0.2, 0.25) is 0 Å². The summed E-state index contributed by atoms with van der Waals surface area (Å²) < 4.78 is 0. The predicted molar refractivity (Wildman–Crippen MR) is 84.8 cm³/mol. The first kappa shape index (κ1) is 13.6. The quantitative estimate of drug-likeness (QED) is 0.940. The molecule has 1 N–H and O–H groups in total. The highest BCUT2D eigenvalue weighted by molar-refractivity contribution is 6.07. The zero-order chi connectivity index (χ0) is 14.7. The topological polar surface area (TPSA) is 45.2 Å². The molecule has 2 aromatic rings. The SMILES string of the molecule is CCN(C(=O)c1cccc2c1CCCN2)c1ccncc1. The minimum atomic E-state index is 0.0595. The number of carbonyl (C=O) groups is 1. The Morgan fingerprint density at radius 2 is 2.10 bits per heavy atom. The molecule has 2 heterocycles. The molecule has 3 rings (SSSR count). The van der Waals surface area contributed by atoms with E-state index in [1.54, 1.807) is 17.3 Å². The van der Waals surface area contributed by atoms with Crippen molar-refractivity contribution in [1.29, 1.82) is 0 Å². The molecule has 4 nitrogen and oxygen atoms in total. The first-order chi connectivity index (χ1) is 10.3. The molecule has 0 radical (unpaired) electrons. The van der Waals surface area contributed by atoms with Crippen LogP contribution in [0.1, 0.15) is 29.3 Å². The van der Waals surface area contributed by atoms with Crippen molar-refractivity contribution in [3.05, 3.63) is 53.9 Å². The first-order valence-electron chi connectivity index (χ1n) is 7.39. The monoisotopic (exact) mass is 281 g/mol. The van der Waals surface area contributed by atoms with Crippen molar-refractivity contribution in [2.75, 3.05) is 23.3 Å². The fourth-order valence-corrected chi connectivity index (χ4v) is 2.82. The van der Waals surface area contributed by atoms with E-state index in [-0.39, 0.29) is 5.91 Å². The van der Waals surface area contributed by atoms with Crippen LogP contribution in [0, 0.1) is 0 Å². The highest BCUT2D eigenvalue weighted by Gasteiger charge is 2.22. The smallest absolute Gasteiger partial charge is 0.258 e. The van der Waals surface area contributed by atoms with Crippen molar-refractivity contribution in [2.24, 2.45) is 0 Å². The molecule has 0 bridgehead atoms.